The molecule has 1 unspecified atom stereocenters. The van der Waals surface area contributed by atoms with Gasteiger partial charge in [-0.25, -0.2) is 9.78 Å². The molecule has 0 bridgehead atoms. The number of nitrogens with one attached hydrogen (secondary N) is 1. The maximum absolute atomic E-state index is 14.2. The van der Waals surface area contributed by atoms with E-state index in [0.717, 1.165) is 24.2 Å². The second-order valence-electron chi connectivity index (χ2n) is 10.3. The fourth-order valence-corrected chi connectivity index (χ4v) is 4.50. The van der Waals surface area contributed by atoms with E-state index in [1.807, 2.05) is 33.8 Å². The van der Waals surface area contributed by atoms with E-state index in [-0.39, 0.29) is 54.4 Å². The Kier molecular flexibility index (Phi) is 12.4. The van der Waals surface area contributed by atoms with Crippen molar-refractivity contribution >= 4 is 41.1 Å². The molecule has 0 saturated carbocycles. The summed E-state index contributed by atoms with van der Waals surface area (Å²) in [7, 11) is 0. The van der Waals surface area contributed by atoms with Crippen molar-refractivity contribution in [2.24, 2.45) is 10.9 Å². The number of urea groups is 1. The van der Waals surface area contributed by atoms with E-state index in [9.17, 15) is 14.0 Å². The fourth-order valence-electron chi connectivity index (χ4n) is 4.50. The molecule has 0 radical (unpaired) electrons. The van der Waals surface area contributed by atoms with Crippen LogP contribution < -0.4 is 15.1 Å². The van der Waals surface area contributed by atoms with E-state index in [1.165, 1.54) is 12.1 Å². The number of pyridine rings is 1. The number of esters is 1. The summed E-state index contributed by atoms with van der Waals surface area (Å²) in [5.74, 6) is -0.353. The number of fused-ring (bicyclic) bond motifs is 1. The summed E-state index contributed by atoms with van der Waals surface area (Å²) in [4.78, 5) is 37.9. The molecule has 2 amide bonds. The van der Waals surface area contributed by atoms with E-state index >= 15 is 0 Å². The Morgan fingerprint density at radius 1 is 1.33 bits per heavy atom. The number of anilines is 3. The van der Waals surface area contributed by atoms with Crippen molar-refractivity contribution in [2.75, 3.05) is 34.8 Å². The quantitative estimate of drug-likeness (QED) is 0.178. The molecule has 2 heterocycles. The van der Waals surface area contributed by atoms with Crippen LogP contribution in [0.5, 0.6) is 0 Å². The SMILES string of the molecule is C[C-]=Nc1[c-]cc(NC(=O)N2CCc3c(N(CCC)CCC(CC)C(=O)OC(C)(C)C)ccnc32)cc1F.[U+2]. The number of hydrogen-bond donors (Lipinski definition) is 1. The zero-order chi connectivity index (χ0) is 27.9. The van der Waals surface area contributed by atoms with Crippen molar-refractivity contribution in [2.45, 2.75) is 72.8 Å². The third-order valence-electron chi connectivity index (χ3n) is 6.26. The number of aromatic nitrogens is 1. The van der Waals surface area contributed by atoms with E-state index in [0.29, 0.717) is 38.2 Å². The molecule has 0 aliphatic carbocycles. The molecule has 39 heavy (non-hydrogen) atoms. The van der Waals surface area contributed by atoms with Crippen LogP contribution in [0.3, 0.4) is 0 Å². The summed E-state index contributed by atoms with van der Waals surface area (Å²) in [5.41, 5.74) is 1.81. The van der Waals surface area contributed by atoms with Crippen LogP contribution in [0, 0.1) is 48.9 Å². The number of rotatable bonds is 10. The van der Waals surface area contributed by atoms with Crippen LogP contribution in [0.1, 0.15) is 66.4 Å². The Labute approximate surface area is 255 Å². The molecule has 0 saturated heterocycles. The van der Waals surface area contributed by atoms with E-state index < -0.39 is 17.4 Å². The van der Waals surface area contributed by atoms with Gasteiger partial charge in [0.05, 0.1) is 5.92 Å². The molecule has 2 aromatic rings. The first kappa shape index (κ1) is 32.8. The van der Waals surface area contributed by atoms with Crippen molar-refractivity contribution in [3.05, 3.63) is 41.8 Å². The minimum absolute atomic E-state index is 0. The molecule has 3 rings (SSSR count). The van der Waals surface area contributed by atoms with Crippen LogP contribution in [-0.4, -0.2) is 48.4 Å². The molecule has 0 spiro atoms. The first-order valence-electron chi connectivity index (χ1n) is 13.2. The largest absolute Gasteiger partial charge is 2.00 e. The second kappa shape index (κ2) is 14.8. The molecule has 1 N–H and O–H groups in total. The van der Waals surface area contributed by atoms with E-state index in [4.69, 9.17) is 4.74 Å². The summed E-state index contributed by atoms with van der Waals surface area (Å²) >= 11 is 0. The van der Waals surface area contributed by atoms with Crippen LogP contribution in [-0.2, 0) is 16.0 Å². The summed E-state index contributed by atoms with van der Waals surface area (Å²) < 4.78 is 19.9. The van der Waals surface area contributed by atoms with Crippen LogP contribution >= 0.6 is 0 Å². The fraction of sp³-hybridized carbons (Fsp3) is 0.517. The number of halogens is 1. The summed E-state index contributed by atoms with van der Waals surface area (Å²) in [5, 5.41) is 2.74. The van der Waals surface area contributed by atoms with Crippen molar-refractivity contribution in [3.63, 3.8) is 0 Å². The molecule has 208 valence electrons. The monoisotopic (exact) mass is 761 g/mol. The Bertz CT molecular complexity index is 1170. The second-order valence-corrected chi connectivity index (χ2v) is 10.3. The Hall–Kier alpha value is -2.44. The van der Waals surface area contributed by atoms with Crippen molar-refractivity contribution in [3.8, 4) is 0 Å². The van der Waals surface area contributed by atoms with Gasteiger partial charge in [0.25, 0.3) is 0 Å². The number of aliphatic imine (C=N–C) groups is 1. The van der Waals surface area contributed by atoms with Crippen LogP contribution in [0.25, 0.3) is 0 Å². The number of amides is 2. The predicted molar refractivity (Wildman–Crippen MR) is 149 cm³/mol. The average Bonchev–Trinajstić information content (AvgIpc) is 3.29. The van der Waals surface area contributed by atoms with Crippen molar-refractivity contribution in [1.29, 1.82) is 0 Å². The van der Waals surface area contributed by atoms with Gasteiger partial charge >= 0.3 is 43.1 Å². The van der Waals surface area contributed by atoms with Crippen LogP contribution in [0.15, 0.2) is 29.4 Å². The maximum Gasteiger partial charge on any atom is 2.00 e. The van der Waals surface area contributed by atoms with Gasteiger partial charge in [0.15, 0.2) is 0 Å². The zero-order valence-electron chi connectivity index (χ0n) is 23.7. The topological polar surface area (TPSA) is 87.1 Å². The van der Waals surface area contributed by atoms with E-state index in [1.54, 1.807) is 18.0 Å². The van der Waals surface area contributed by atoms with Gasteiger partial charge in [-0.15, -0.1) is 13.0 Å². The summed E-state index contributed by atoms with van der Waals surface area (Å²) in [6, 6.07) is 6.99. The molecular formula is C29H38FN5O3U. The van der Waals surface area contributed by atoms with Crippen molar-refractivity contribution in [1.82, 2.24) is 4.98 Å². The third kappa shape index (κ3) is 8.78. The molecule has 8 nitrogen and oxygen atoms in total. The van der Waals surface area contributed by atoms with Crippen LogP contribution in [0.2, 0.25) is 0 Å². The standard InChI is InChI=1S/C29H38FN5O3.U/c1-7-16-34(17-13-20(8-2)27(36)38-29(4,5)6)25-12-15-32-26-22(25)14-18-35(26)28(37)33-21-10-11-24(31-9-3)23(30)19-21;/h10,12,15,19-20H,7-8,13-14,16-18H2,1-6H3,(H,33,37);/q-2;+2. The van der Waals surface area contributed by atoms with Gasteiger partial charge in [-0.05, 0) is 58.3 Å². The van der Waals surface area contributed by atoms with Crippen LogP contribution in [0.4, 0.5) is 32.1 Å². The molecule has 1 aromatic heterocycles. The minimum atomic E-state index is -0.591. The van der Waals surface area contributed by atoms with E-state index in [2.05, 4.69) is 39.4 Å². The third-order valence-corrected chi connectivity index (χ3v) is 6.26. The van der Waals surface area contributed by atoms with Gasteiger partial charge in [-0.3, -0.25) is 15.8 Å². The predicted octanol–water partition coefficient (Wildman–Crippen LogP) is 6.19. The van der Waals surface area contributed by atoms with Gasteiger partial charge in [-0.1, -0.05) is 19.5 Å². The summed E-state index contributed by atoms with van der Waals surface area (Å²) in [6.45, 7) is 13.3. The smallest absolute Gasteiger partial charge is 0.479 e. The van der Waals surface area contributed by atoms with Gasteiger partial charge < -0.3 is 24.3 Å². The van der Waals surface area contributed by atoms with Gasteiger partial charge in [0.1, 0.15) is 11.4 Å². The molecule has 1 aromatic carbocycles. The molecule has 0 fully saturated rings. The molecule has 1 aliphatic heterocycles. The molecule has 1 atom stereocenters. The maximum atomic E-state index is 14.2. The first-order valence-corrected chi connectivity index (χ1v) is 13.2. The van der Waals surface area contributed by atoms with Gasteiger partial charge in [0, 0.05) is 37.1 Å². The van der Waals surface area contributed by atoms with Gasteiger partial charge in [-0.2, -0.15) is 18.0 Å². The number of hydrogen-bond acceptors (Lipinski definition) is 6. The normalized spacial score (nSPS) is 13.6. The number of ether oxygens (including phenoxy) is 1. The molecular weight excluding hydrogens is 723 g/mol. The number of nitrogens with zero attached hydrogens (tertiary/aromatic N) is 4. The average molecular weight is 762 g/mol. The minimum Gasteiger partial charge on any atom is -0.479 e. The number of carbonyl (C=O) groups excluding carboxylic acids is 2. The van der Waals surface area contributed by atoms with Crippen molar-refractivity contribution < 1.29 is 49.8 Å². The number of carbonyl (C=O) groups is 2. The molecule has 1 aliphatic rings. The Morgan fingerprint density at radius 2 is 2.08 bits per heavy atom. The number of benzene rings is 1. The summed E-state index contributed by atoms with van der Waals surface area (Å²) in [6.07, 6.45) is 7.18. The Balaban J connectivity index is 0.00000533. The molecule has 10 heteroatoms. The van der Waals surface area contributed by atoms with Gasteiger partial charge in [0.2, 0.25) is 0 Å². The zero-order valence-corrected chi connectivity index (χ0v) is 27.9. The Morgan fingerprint density at radius 3 is 2.69 bits per heavy atom. The first-order chi connectivity index (χ1) is 18.1.